The largest absolute Gasteiger partial charge is 0.508 e. The molecule has 0 atom stereocenters. The monoisotopic (exact) mass is 391 g/mol. The van der Waals surface area contributed by atoms with Gasteiger partial charge in [-0.15, -0.1) is 0 Å². The summed E-state index contributed by atoms with van der Waals surface area (Å²) in [6, 6.07) is 29.9. The van der Waals surface area contributed by atoms with Gasteiger partial charge in [0, 0.05) is 5.56 Å². The minimum atomic E-state index is -1.66. The fraction of sp³-hybridized carbons (Fsp3) is 0.308. The number of hydrogen-bond donors (Lipinski definition) is 1. The number of phenolic OH excluding ortho intramolecular Hbond substituents is 1. The molecule has 0 saturated heterocycles. The van der Waals surface area contributed by atoms with Gasteiger partial charge < -0.3 is 5.11 Å². The molecule has 0 saturated carbocycles. The highest BCUT2D eigenvalue weighted by molar-refractivity contribution is 7.88. The van der Waals surface area contributed by atoms with Gasteiger partial charge in [0.25, 0.3) is 0 Å². The van der Waals surface area contributed by atoms with Crippen LogP contribution in [0.25, 0.3) is 0 Å². The van der Waals surface area contributed by atoms with Gasteiger partial charge in [-0.1, -0.05) is 80.8 Å². The summed E-state index contributed by atoms with van der Waals surface area (Å²) < 4.78 is 0. The maximum atomic E-state index is 10.5. The van der Waals surface area contributed by atoms with Crippen molar-refractivity contribution in [2.75, 3.05) is 6.16 Å². The smallest absolute Gasteiger partial charge is 0.122 e. The van der Waals surface area contributed by atoms with Crippen LogP contribution < -0.4 is 10.6 Å². The predicted molar refractivity (Wildman–Crippen MR) is 125 cm³/mol. The highest BCUT2D eigenvalue weighted by atomic mass is 31.2. The summed E-state index contributed by atoms with van der Waals surface area (Å²) in [7, 11) is -1.66. The zero-order valence-electron chi connectivity index (χ0n) is 16.9. The molecule has 146 valence electrons. The van der Waals surface area contributed by atoms with Gasteiger partial charge in [-0.3, -0.25) is 0 Å². The van der Waals surface area contributed by atoms with Crippen LogP contribution in [0.1, 0.15) is 44.6 Å². The first kappa shape index (κ1) is 20.6. The molecule has 1 N–H and O–H groups in total. The number of aromatic hydroxyl groups is 1. The molecular formula is C26H32OP+. The van der Waals surface area contributed by atoms with Crippen molar-refractivity contribution in [3.05, 3.63) is 90.5 Å². The van der Waals surface area contributed by atoms with E-state index < -0.39 is 7.26 Å². The Morgan fingerprint density at radius 3 is 1.75 bits per heavy atom. The maximum absolute atomic E-state index is 10.5. The van der Waals surface area contributed by atoms with Crippen LogP contribution in [0.2, 0.25) is 0 Å². The minimum absolute atomic E-state index is 0.421. The molecule has 0 amide bonds. The van der Waals surface area contributed by atoms with Gasteiger partial charge in [0.1, 0.15) is 5.75 Å². The Bertz CT molecular complexity index is 790. The number of hydrogen-bond acceptors (Lipinski definition) is 1. The first-order chi connectivity index (χ1) is 13.8. The Labute approximate surface area is 170 Å². The average molecular weight is 392 g/mol. The third-order valence-corrected chi connectivity index (χ3v) is 10.1. The average Bonchev–Trinajstić information content (AvgIpc) is 2.75. The zero-order valence-corrected chi connectivity index (χ0v) is 17.8. The van der Waals surface area contributed by atoms with Crippen LogP contribution in [0.15, 0.2) is 84.9 Å². The van der Waals surface area contributed by atoms with Crippen molar-refractivity contribution in [2.45, 2.75) is 45.2 Å². The fourth-order valence-electron chi connectivity index (χ4n) is 4.02. The molecule has 0 spiro atoms. The number of rotatable bonds is 10. The highest BCUT2D eigenvalue weighted by Gasteiger charge is 2.42. The second kappa shape index (κ2) is 10.4. The molecule has 3 aromatic carbocycles. The normalized spacial score (nSPS) is 11.5. The minimum Gasteiger partial charge on any atom is -0.508 e. The van der Waals surface area contributed by atoms with Crippen molar-refractivity contribution in [1.82, 2.24) is 0 Å². The lowest BCUT2D eigenvalue weighted by Gasteiger charge is -2.28. The molecule has 0 aromatic heterocycles. The number of para-hydroxylation sites is 1. The summed E-state index contributed by atoms with van der Waals surface area (Å²) in [5.74, 6) is 0.421. The van der Waals surface area contributed by atoms with Crippen LogP contribution in [0.4, 0.5) is 0 Å². The summed E-state index contributed by atoms with van der Waals surface area (Å²) in [4.78, 5) is 0. The van der Waals surface area contributed by atoms with Gasteiger partial charge in [-0.2, -0.15) is 0 Å². The Morgan fingerprint density at radius 2 is 1.18 bits per heavy atom. The van der Waals surface area contributed by atoms with E-state index in [-0.39, 0.29) is 0 Å². The SMILES string of the molecule is CCCCCCC[P+](Cc1ccccc1O)(c1ccccc1)c1ccccc1. The first-order valence-corrected chi connectivity index (χ1v) is 12.7. The van der Waals surface area contributed by atoms with Crippen LogP contribution in [-0.2, 0) is 6.16 Å². The lowest BCUT2D eigenvalue weighted by atomic mass is 10.2. The fourth-order valence-corrected chi connectivity index (χ4v) is 8.45. The van der Waals surface area contributed by atoms with E-state index in [1.54, 1.807) is 0 Å². The molecule has 0 heterocycles. The second-order valence-electron chi connectivity index (χ2n) is 7.56. The molecule has 0 aliphatic rings. The van der Waals surface area contributed by atoms with E-state index >= 15 is 0 Å². The van der Waals surface area contributed by atoms with Gasteiger partial charge in [0.15, 0.2) is 0 Å². The third kappa shape index (κ3) is 5.03. The molecule has 0 bridgehead atoms. The molecule has 2 heteroatoms. The van der Waals surface area contributed by atoms with Gasteiger partial charge in [0.2, 0.25) is 0 Å². The van der Waals surface area contributed by atoms with E-state index in [1.165, 1.54) is 48.9 Å². The van der Waals surface area contributed by atoms with Crippen LogP contribution in [0, 0.1) is 0 Å². The maximum Gasteiger partial charge on any atom is 0.122 e. The summed E-state index contributed by atoms with van der Waals surface area (Å²) in [6.45, 7) is 2.27. The summed E-state index contributed by atoms with van der Waals surface area (Å²) >= 11 is 0. The molecule has 28 heavy (non-hydrogen) atoms. The van der Waals surface area contributed by atoms with Crippen molar-refractivity contribution in [2.24, 2.45) is 0 Å². The molecule has 0 aliphatic heterocycles. The van der Waals surface area contributed by atoms with Crippen LogP contribution in [-0.4, -0.2) is 11.3 Å². The van der Waals surface area contributed by atoms with Crippen molar-refractivity contribution < 1.29 is 5.11 Å². The molecule has 3 aromatic rings. The number of benzene rings is 3. The van der Waals surface area contributed by atoms with Crippen molar-refractivity contribution in [3.8, 4) is 5.75 Å². The molecule has 0 radical (unpaired) electrons. The lowest BCUT2D eigenvalue weighted by Crippen LogP contribution is -2.26. The van der Waals surface area contributed by atoms with Crippen molar-refractivity contribution in [3.63, 3.8) is 0 Å². The van der Waals surface area contributed by atoms with Crippen LogP contribution >= 0.6 is 7.26 Å². The van der Waals surface area contributed by atoms with Crippen molar-refractivity contribution in [1.29, 1.82) is 0 Å². The molecule has 0 unspecified atom stereocenters. The molecule has 1 nitrogen and oxygen atoms in total. The Balaban J connectivity index is 2.02. The summed E-state index contributed by atoms with van der Waals surface area (Å²) in [6.07, 6.45) is 8.55. The standard InChI is InChI=1S/C26H31OP/c1-2-3-4-5-14-21-28(24-16-8-6-9-17-24,25-18-10-7-11-19-25)22-23-15-12-13-20-26(23)27/h6-13,15-20H,2-5,14,21-22H2,1H3/p+1. The molecule has 0 aliphatic carbocycles. The Hall–Kier alpha value is -2.11. The van der Waals surface area contributed by atoms with E-state index in [0.29, 0.717) is 5.75 Å². The van der Waals surface area contributed by atoms with E-state index in [1.807, 2.05) is 18.2 Å². The van der Waals surface area contributed by atoms with Gasteiger partial charge in [-0.05, 0) is 43.2 Å². The molecule has 3 rings (SSSR count). The Morgan fingerprint density at radius 1 is 0.643 bits per heavy atom. The first-order valence-electron chi connectivity index (χ1n) is 10.5. The van der Waals surface area contributed by atoms with Crippen LogP contribution in [0.5, 0.6) is 5.75 Å². The predicted octanol–water partition coefficient (Wildman–Crippen LogP) is 6.53. The zero-order chi connectivity index (χ0) is 19.7. The van der Waals surface area contributed by atoms with E-state index in [9.17, 15) is 5.11 Å². The van der Waals surface area contributed by atoms with Crippen LogP contribution in [0.3, 0.4) is 0 Å². The van der Waals surface area contributed by atoms with Gasteiger partial charge >= 0.3 is 0 Å². The topological polar surface area (TPSA) is 20.2 Å². The quantitative estimate of drug-likeness (QED) is 0.308. The summed E-state index contributed by atoms with van der Waals surface area (Å²) in [5.41, 5.74) is 1.07. The third-order valence-electron chi connectivity index (χ3n) is 5.58. The van der Waals surface area contributed by atoms with Crippen molar-refractivity contribution >= 4 is 17.9 Å². The Kier molecular flexibility index (Phi) is 7.69. The van der Waals surface area contributed by atoms with Gasteiger partial charge in [-0.25, -0.2) is 0 Å². The summed E-state index contributed by atoms with van der Waals surface area (Å²) in [5, 5.41) is 13.4. The van der Waals surface area contributed by atoms with E-state index in [2.05, 4.69) is 73.7 Å². The van der Waals surface area contributed by atoms with E-state index in [4.69, 9.17) is 0 Å². The highest BCUT2D eigenvalue weighted by Crippen LogP contribution is 2.60. The van der Waals surface area contributed by atoms with E-state index in [0.717, 1.165) is 11.7 Å². The molecular weight excluding hydrogens is 359 g/mol. The number of phenols is 1. The number of unbranched alkanes of at least 4 members (excludes halogenated alkanes) is 4. The molecule has 0 fully saturated rings. The second-order valence-corrected chi connectivity index (χ2v) is 11.3. The van der Waals surface area contributed by atoms with Gasteiger partial charge in [0.05, 0.1) is 30.2 Å². The lowest BCUT2D eigenvalue weighted by molar-refractivity contribution is 0.470.